The van der Waals surface area contributed by atoms with E-state index >= 15 is 0 Å². The zero-order valence-electron chi connectivity index (χ0n) is 11.7. The van der Waals surface area contributed by atoms with Crippen LogP contribution in [0, 0.1) is 6.07 Å². The highest BCUT2D eigenvalue weighted by molar-refractivity contribution is 5.84. The van der Waals surface area contributed by atoms with E-state index in [0.717, 1.165) is 5.56 Å². The van der Waals surface area contributed by atoms with Gasteiger partial charge in [0.1, 0.15) is 11.3 Å². The van der Waals surface area contributed by atoms with Gasteiger partial charge in [0.2, 0.25) is 0 Å². The predicted molar refractivity (Wildman–Crippen MR) is 81.6 cm³/mol. The van der Waals surface area contributed by atoms with Gasteiger partial charge in [0.25, 0.3) is 0 Å². The molecule has 3 aromatic rings. The molecule has 2 aromatic carbocycles. The molecule has 3 rings (SSSR count). The third-order valence-corrected chi connectivity index (χ3v) is 3.72. The first-order chi connectivity index (χ1) is 10.2. The quantitative estimate of drug-likeness (QED) is 0.741. The van der Waals surface area contributed by atoms with Crippen molar-refractivity contribution in [1.82, 2.24) is 0 Å². The van der Waals surface area contributed by atoms with Gasteiger partial charge in [-0.05, 0) is 30.2 Å². The largest absolute Gasteiger partial charge is 0.507 e. The fourth-order valence-electron chi connectivity index (χ4n) is 2.69. The van der Waals surface area contributed by atoms with Crippen molar-refractivity contribution in [3.05, 3.63) is 76.1 Å². The molecule has 1 N–H and O–H groups in total. The molecule has 105 valence electrons. The van der Waals surface area contributed by atoms with Crippen molar-refractivity contribution in [3.63, 3.8) is 0 Å². The van der Waals surface area contributed by atoms with Gasteiger partial charge in [-0.15, -0.1) is 0 Å². The van der Waals surface area contributed by atoms with E-state index in [-0.39, 0.29) is 11.7 Å². The summed E-state index contributed by atoms with van der Waals surface area (Å²) in [7, 11) is 0. The first kappa shape index (κ1) is 13.4. The lowest BCUT2D eigenvalue weighted by Crippen LogP contribution is -2.13. The van der Waals surface area contributed by atoms with E-state index in [1.165, 1.54) is 0 Å². The Morgan fingerprint density at radius 2 is 1.90 bits per heavy atom. The molecule has 0 bridgehead atoms. The summed E-state index contributed by atoms with van der Waals surface area (Å²) >= 11 is 0. The third-order valence-electron chi connectivity index (χ3n) is 3.72. The second kappa shape index (κ2) is 5.44. The molecule has 1 atom stereocenters. The molecule has 0 amide bonds. The first-order valence-corrected chi connectivity index (χ1v) is 6.93. The van der Waals surface area contributed by atoms with Crippen LogP contribution in [0.5, 0.6) is 5.75 Å². The van der Waals surface area contributed by atoms with Gasteiger partial charge in [0.15, 0.2) is 0 Å². The Hall–Kier alpha value is -2.55. The van der Waals surface area contributed by atoms with Crippen molar-refractivity contribution in [2.75, 3.05) is 0 Å². The average molecular weight is 279 g/mol. The maximum atomic E-state index is 12.3. The van der Waals surface area contributed by atoms with Gasteiger partial charge in [-0.3, -0.25) is 0 Å². The van der Waals surface area contributed by atoms with Crippen LogP contribution in [0.15, 0.2) is 57.7 Å². The highest BCUT2D eigenvalue weighted by Crippen LogP contribution is 2.35. The second-order valence-corrected chi connectivity index (χ2v) is 4.94. The van der Waals surface area contributed by atoms with Gasteiger partial charge >= 0.3 is 5.63 Å². The van der Waals surface area contributed by atoms with Crippen molar-refractivity contribution >= 4 is 11.0 Å². The van der Waals surface area contributed by atoms with Gasteiger partial charge in [0, 0.05) is 5.92 Å². The summed E-state index contributed by atoms with van der Waals surface area (Å²) < 4.78 is 5.35. The topological polar surface area (TPSA) is 50.4 Å². The minimum absolute atomic E-state index is 0.0153. The molecule has 1 radical (unpaired) electrons. The molecular formula is C18H15O3. The fraction of sp³-hybridized carbons (Fsp3) is 0.167. The van der Waals surface area contributed by atoms with E-state index in [1.807, 2.05) is 25.1 Å². The molecule has 0 aliphatic carbocycles. The van der Waals surface area contributed by atoms with Crippen molar-refractivity contribution in [1.29, 1.82) is 0 Å². The van der Waals surface area contributed by atoms with Gasteiger partial charge in [-0.2, -0.15) is 0 Å². The minimum Gasteiger partial charge on any atom is -0.507 e. The zero-order chi connectivity index (χ0) is 14.8. The highest BCUT2D eigenvalue weighted by atomic mass is 16.4. The molecule has 0 spiro atoms. The van der Waals surface area contributed by atoms with Crippen LogP contribution in [0.25, 0.3) is 11.0 Å². The van der Waals surface area contributed by atoms with E-state index in [4.69, 9.17) is 4.42 Å². The Morgan fingerprint density at radius 1 is 1.19 bits per heavy atom. The van der Waals surface area contributed by atoms with Crippen LogP contribution < -0.4 is 5.63 Å². The Balaban J connectivity index is 2.26. The number of benzene rings is 2. The van der Waals surface area contributed by atoms with E-state index < -0.39 is 5.63 Å². The van der Waals surface area contributed by atoms with Gasteiger partial charge in [-0.1, -0.05) is 43.3 Å². The van der Waals surface area contributed by atoms with Gasteiger partial charge < -0.3 is 9.52 Å². The smallest absolute Gasteiger partial charge is 0.343 e. The standard InChI is InChI=1S/C18H15O3/c1-2-13(12-8-4-3-5-9-12)16-17(19)14-10-6-7-11-15(14)21-18(16)20/h4-11,13,19H,2H2,1H3. The minimum atomic E-state index is -0.481. The lowest BCUT2D eigenvalue weighted by atomic mass is 9.89. The number of hydrogen-bond donors (Lipinski definition) is 1. The molecule has 1 unspecified atom stereocenters. The van der Waals surface area contributed by atoms with Crippen LogP contribution in [-0.4, -0.2) is 5.11 Å². The van der Waals surface area contributed by atoms with Crippen molar-refractivity contribution < 1.29 is 9.52 Å². The number of para-hydroxylation sites is 1. The Kier molecular flexibility index (Phi) is 3.48. The maximum absolute atomic E-state index is 12.3. The fourth-order valence-corrected chi connectivity index (χ4v) is 2.69. The monoisotopic (exact) mass is 279 g/mol. The van der Waals surface area contributed by atoms with Crippen molar-refractivity contribution in [2.45, 2.75) is 19.3 Å². The Bertz CT molecular complexity index is 819. The van der Waals surface area contributed by atoms with Crippen LogP contribution in [-0.2, 0) is 0 Å². The number of aromatic hydroxyl groups is 1. The van der Waals surface area contributed by atoms with Crippen LogP contribution in [0.1, 0.15) is 30.4 Å². The predicted octanol–water partition coefficient (Wildman–Crippen LogP) is 3.84. The maximum Gasteiger partial charge on any atom is 0.343 e. The second-order valence-electron chi connectivity index (χ2n) is 4.94. The number of rotatable bonds is 3. The van der Waals surface area contributed by atoms with Gasteiger partial charge in [0.05, 0.1) is 10.9 Å². The highest BCUT2D eigenvalue weighted by Gasteiger charge is 2.22. The lowest BCUT2D eigenvalue weighted by molar-refractivity contribution is 0.450. The summed E-state index contributed by atoms with van der Waals surface area (Å²) in [4.78, 5) is 12.3. The summed E-state index contributed by atoms with van der Waals surface area (Å²) in [5, 5.41) is 11.1. The van der Waals surface area contributed by atoms with E-state index in [1.54, 1.807) is 30.3 Å². The van der Waals surface area contributed by atoms with E-state index in [9.17, 15) is 9.90 Å². The van der Waals surface area contributed by atoms with Crippen molar-refractivity contribution in [3.8, 4) is 5.75 Å². The average Bonchev–Trinajstić information content (AvgIpc) is 2.52. The Labute approximate surface area is 122 Å². The molecule has 3 nitrogen and oxygen atoms in total. The Morgan fingerprint density at radius 3 is 2.62 bits per heavy atom. The molecule has 0 fully saturated rings. The molecule has 1 aromatic heterocycles. The van der Waals surface area contributed by atoms with E-state index in [0.29, 0.717) is 23.0 Å². The van der Waals surface area contributed by atoms with Crippen molar-refractivity contribution in [2.24, 2.45) is 0 Å². The summed E-state index contributed by atoms with van der Waals surface area (Å²) in [6.45, 7) is 1.98. The molecular weight excluding hydrogens is 264 g/mol. The molecule has 21 heavy (non-hydrogen) atoms. The van der Waals surface area contributed by atoms with Crippen LogP contribution in [0.4, 0.5) is 0 Å². The first-order valence-electron chi connectivity index (χ1n) is 6.93. The molecule has 0 aliphatic rings. The zero-order valence-corrected chi connectivity index (χ0v) is 11.7. The lowest BCUT2D eigenvalue weighted by Gasteiger charge is -2.16. The molecule has 0 saturated carbocycles. The van der Waals surface area contributed by atoms with E-state index in [2.05, 4.69) is 6.07 Å². The van der Waals surface area contributed by atoms with Crippen LogP contribution in [0.3, 0.4) is 0 Å². The summed E-state index contributed by atoms with van der Waals surface area (Å²) in [5.41, 5.74) is 1.21. The van der Waals surface area contributed by atoms with Crippen LogP contribution >= 0.6 is 0 Å². The summed E-state index contributed by atoms with van der Waals surface area (Å²) in [5.74, 6) is -0.179. The van der Waals surface area contributed by atoms with Gasteiger partial charge in [-0.25, -0.2) is 4.79 Å². The SMILES string of the molecule is CCC(c1cc[c]cc1)c1c(O)c2ccccc2oc1=O. The summed E-state index contributed by atoms with van der Waals surface area (Å²) in [6, 6.07) is 17.4. The molecule has 1 heterocycles. The normalized spacial score (nSPS) is 12.4. The van der Waals surface area contributed by atoms with Crippen LogP contribution in [0.2, 0.25) is 0 Å². The molecule has 0 saturated heterocycles. The number of fused-ring (bicyclic) bond motifs is 1. The molecule has 3 heteroatoms. The third kappa shape index (κ3) is 2.31. The number of hydrogen-bond acceptors (Lipinski definition) is 3. The molecule has 0 aliphatic heterocycles. The summed E-state index contributed by atoms with van der Waals surface area (Å²) in [6.07, 6.45) is 0.695.